The van der Waals surface area contributed by atoms with Gasteiger partial charge in [0.15, 0.2) is 5.76 Å². The molecule has 8 heteroatoms. The van der Waals surface area contributed by atoms with Gasteiger partial charge in [0.05, 0.1) is 17.0 Å². The summed E-state index contributed by atoms with van der Waals surface area (Å²) in [6.07, 6.45) is 2.94. The molecule has 2 aromatic heterocycles. The van der Waals surface area contributed by atoms with Crippen LogP contribution in [-0.2, 0) is 6.61 Å². The van der Waals surface area contributed by atoms with Crippen LogP contribution in [0, 0.1) is 13.8 Å². The van der Waals surface area contributed by atoms with Crippen molar-refractivity contribution in [2.75, 3.05) is 13.1 Å². The van der Waals surface area contributed by atoms with Gasteiger partial charge in [0, 0.05) is 35.6 Å². The first-order chi connectivity index (χ1) is 15.0. The largest absolute Gasteiger partial charge is 0.487 e. The van der Waals surface area contributed by atoms with Crippen molar-refractivity contribution in [3.63, 3.8) is 0 Å². The number of benzene rings is 1. The van der Waals surface area contributed by atoms with Gasteiger partial charge in [-0.2, -0.15) is 0 Å². The van der Waals surface area contributed by atoms with Gasteiger partial charge in [0.2, 0.25) is 0 Å². The number of amides is 2. The topological polar surface area (TPSA) is 84.7 Å². The Kier molecular flexibility index (Phi) is 6.36. The third-order valence-electron chi connectivity index (χ3n) is 5.34. The minimum absolute atomic E-state index is 0.00617. The van der Waals surface area contributed by atoms with Crippen LogP contribution in [0.4, 0.5) is 0 Å². The van der Waals surface area contributed by atoms with E-state index in [-0.39, 0.29) is 17.9 Å². The van der Waals surface area contributed by atoms with Crippen molar-refractivity contribution in [2.24, 2.45) is 0 Å². The van der Waals surface area contributed by atoms with E-state index in [1.54, 1.807) is 29.5 Å². The Balaban J connectivity index is 1.26. The summed E-state index contributed by atoms with van der Waals surface area (Å²) in [7, 11) is 0. The van der Waals surface area contributed by atoms with Gasteiger partial charge in [-0.05, 0) is 57.0 Å². The molecule has 0 atom stereocenters. The number of nitrogens with one attached hydrogen (secondary N) is 1. The number of aromatic nitrogens is 1. The minimum Gasteiger partial charge on any atom is -0.487 e. The Morgan fingerprint density at radius 2 is 1.94 bits per heavy atom. The summed E-state index contributed by atoms with van der Waals surface area (Å²) < 4.78 is 11.0. The number of carbonyl (C=O) groups excluding carboxylic acids is 2. The van der Waals surface area contributed by atoms with E-state index in [1.807, 2.05) is 36.3 Å². The van der Waals surface area contributed by atoms with E-state index in [0.717, 1.165) is 16.3 Å². The van der Waals surface area contributed by atoms with Crippen molar-refractivity contribution in [1.29, 1.82) is 0 Å². The molecule has 162 valence electrons. The lowest BCUT2D eigenvalue weighted by atomic mass is 10.0. The fraction of sp³-hybridized carbons (Fsp3) is 0.348. The zero-order valence-electron chi connectivity index (χ0n) is 17.6. The van der Waals surface area contributed by atoms with Crippen molar-refractivity contribution in [2.45, 2.75) is 39.3 Å². The van der Waals surface area contributed by atoms with Crippen LogP contribution >= 0.6 is 11.3 Å². The normalized spacial score (nSPS) is 14.5. The summed E-state index contributed by atoms with van der Waals surface area (Å²) in [5.41, 5.74) is 2.35. The molecule has 3 aromatic rings. The number of carbonyl (C=O) groups is 2. The lowest BCUT2D eigenvalue weighted by Gasteiger charge is -2.32. The minimum atomic E-state index is -0.198. The second kappa shape index (κ2) is 9.34. The van der Waals surface area contributed by atoms with E-state index >= 15 is 0 Å². The molecule has 31 heavy (non-hydrogen) atoms. The summed E-state index contributed by atoms with van der Waals surface area (Å²) in [6, 6.07) is 9.00. The molecule has 1 aliphatic heterocycles. The Hall–Kier alpha value is -3.13. The summed E-state index contributed by atoms with van der Waals surface area (Å²) in [5.74, 6) is 0.853. The van der Waals surface area contributed by atoms with Gasteiger partial charge in [-0.15, -0.1) is 11.3 Å². The van der Waals surface area contributed by atoms with E-state index < -0.39 is 0 Å². The molecule has 1 N–H and O–H groups in total. The molecule has 0 aliphatic carbocycles. The number of hydrogen-bond donors (Lipinski definition) is 1. The SMILES string of the molecule is Cc1nc(COc2ccc(C(=O)N3CCC(NC(=O)c4occc4C)CC3)cc2)cs1. The molecule has 0 radical (unpaired) electrons. The zero-order valence-corrected chi connectivity index (χ0v) is 18.4. The Morgan fingerprint density at radius 3 is 2.55 bits per heavy atom. The first kappa shape index (κ1) is 21.1. The summed E-state index contributed by atoms with van der Waals surface area (Å²) in [4.78, 5) is 31.3. The number of furan rings is 1. The van der Waals surface area contributed by atoms with E-state index in [9.17, 15) is 9.59 Å². The maximum atomic E-state index is 12.8. The maximum absolute atomic E-state index is 12.8. The number of likely N-dealkylation sites (tertiary alicyclic amines) is 1. The van der Waals surface area contributed by atoms with E-state index in [2.05, 4.69) is 10.3 Å². The van der Waals surface area contributed by atoms with Gasteiger partial charge >= 0.3 is 0 Å². The molecule has 1 aromatic carbocycles. The number of piperidine rings is 1. The number of thiazole rings is 1. The van der Waals surface area contributed by atoms with Crippen molar-refractivity contribution in [3.8, 4) is 5.75 Å². The number of hydrogen-bond acceptors (Lipinski definition) is 6. The third-order valence-corrected chi connectivity index (χ3v) is 6.16. The molecule has 2 amide bonds. The van der Waals surface area contributed by atoms with Crippen LogP contribution in [0.1, 0.15) is 50.0 Å². The van der Waals surface area contributed by atoms with Crippen molar-refractivity contribution in [3.05, 3.63) is 69.6 Å². The molecule has 3 heterocycles. The second-order valence-electron chi connectivity index (χ2n) is 7.64. The van der Waals surface area contributed by atoms with E-state index in [1.165, 1.54) is 6.26 Å². The third kappa shape index (κ3) is 5.14. The molecule has 4 rings (SSSR count). The molecule has 0 spiro atoms. The van der Waals surface area contributed by atoms with Crippen molar-refractivity contribution in [1.82, 2.24) is 15.2 Å². The first-order valence-electron chi connectivity index (χ1n) is 10.3. The highest BCUT2D eigenvalue weighted by molar-refractivity contribution is 7.09. The first-order valence-corrected chi connectivity index (χ1v) is 11.2. The van der Waals surface area contributed by atoms with Gasteiger partial charge in [0.25, 0.3) is 11.8 Å². The predicted molar refractivity (Wildman–Crippen MR) is 117 cm³/mol. The smallest absolute Gasteiger partial charge is 0.287 e. The van der Waals surface area contributed by atoms with Crippen LogP contribution in [0.5, 0.6) is 5.75 Å². The standard InChI is InChI=1S/C23H25N3O4S/c1-15-9-12-29-21(15)22(27)25-18-7-10-26(11-8-18)23(28)17-3-5-20(6-4-17)30-13-19-14-31-16(2)24-19/h3-6,9,12,14,18H,7-8,10-11,13H2,1-2H3,(H,25,27). The maximum Gasteiger partial charge on any atom is 0.287 e. The number of rotatable bonds is 6. The van der Waals surface area contributed by atoms with Crippen LogP contribution in [0.25, 0.3) is 0 Å². The average molecular weight is 440 g/mol. The van der Waals surface area contributed by atoms with E-state index in [0.29, 0.717) is 49.6 Å². The summed E-state index contributed by atoms with van der Waals surface area (Å²) in [5, 5.41) is 6.00. The van der Waals surface area contributed by atoms with Crippen molar-refractivity contribution < 1.29 is 18.7 Å². The molecule has 0 bridgehead atoms. The lowest BCUT2D eigenvalue weighted by molar-refractivity contribution is 0.0695. The average Bonchev–Trinajstić information content (AvgIpc) is 3.40. The fourth-order valence-corrected chi connectivity index (χ4v) is 4.19. The van der Waals surface area contributed by atoms with Crippen LogP contribution in [0.3, 0.4) is 0 Å². The molecular weight excluding hydrogens is 414 g/mol. The van der Waals surface area contributed by atoms with Gasteiger partial charge < -0.3 is 19.4 Å². The molecule has 1 fully saturated rings. The Morgan fingerprint density at radius 1 is 1.19 bits per heavy atom. The number of ether oxygens (including phenoxy) is 1. The molecule has 0 saturated carbocycles. The van der Waals surface area contributed by atoms with Gasteiger partial charge in [-0.25, -0.2) is 4.98 Å². The van der Waals surface area contributed by atoms with Crippen LogP contribution in [0.2, 0.25) is 0 Å². The van der Waals surface area contributed by atoms with Crippen LogP contribution in [0.15, 0.2) is 46.4 Å². The summed E-state index contributed by atoms with van der Waals surface area (Å²) >= 11 is 1.60. The van der Waals surface area contributed by atoms with E-state index in [4.69, 9.17) is 9.15 Å². The Bertz CT molecular complexity index is 1050. The van der Waals surface area contributed by atoms with Crippen LogP contribution < -0.4 is 10.1 Å². The highest BCUT2D eigenvalue weighted by Gasteiger charge is 2.26. The monoisotopic (exact) mass is 439 g/mol. The number of nitrogens with zero attached hydrogens (tertiary/aromatic N) is 2. The van der Waals surface area contributed by atoms with Crippen molar-refractivity contribution >= 4 is 23.2 Å². The van der Waals surface area contributed by atoms with Gasteiger partial charge in [-0.1, -0.05) is 0 Å². The van der Waals surface area contributed by atoms with Gasteiger partial charge in [0.1, 0.15) is 12.4 Å². The lowest BCUT2D eigenvalue weighted by Crippen LogP contribution is -2.46. The molecule has 1 aliphatic rings. The fourth-order valence-electron chi connectivity index (χ4n) is 3.59. The quantitative estimate of drug-likeness (QED) is 0.628. The predicted octanol–water partition coefficient (Wildman–Crippen LogP) is 3.97. The number of aryl methyl sites for hydroxylation is 2. The zero-order chi connectivity index (χ0) is 21.8. The van der Waals surface area contributed by atoms with Crippen LogP contribution in [-0.4, -0.2) is 40.8 Å². The summed E-state index contributed by atoms with van der Waals surface area (Å²) in [6.45, 7) is 5.42. The highest BCUT2D eigenvalue weighted by Crippen LogP contribution is 2.19. The second-order valence-corrected chi connectivity index (χ2v) is 8.71. The Labute approximate surface area is 185 Å². The molecular formula is C23H25N3O4S. The molecule has 7 nitrogen and oxygen atoms in total. The highest BCUT2D eigenvalue weighted by atomic mass is 32.1. The molecule has 1 saturated heterocycles. The molecule has 0 unspecified atom stereocenters. The van der Waals surface area contributed by atoms with Gasteiger partial charge in [-0.3, -0.25) is 9.59 Å².